The number of rotatable bonds is 5. The largest absolute Gasteiger partial charge is 0.495 e. The molecule has 0 saturated heterocycles. The maximum Gasteiger partial charge on any atom is 0.238 e. The minimum Gasteiger partial charge on any atom is -0.495 e. The second-order valence-electron chi connectivity index (χ2n) is 3.93. The van der Waals surface area contributed by atoms with E-state index in [1.54, 1.807) is 25.3 Å². The van der Waals surface area contributed by atoms with Gasteiger partial charge in [0.1, 0.15) is 5.75 Å². The van der Waals surface area contributed by atoms with Crippen LogP contribution in [0.2, 0.25) is 5.02 Å². The Bertz CT molecular complexity index is 394. The summed E-state index contributed by atoms with van der Waals surface area (Å²) in [7, 11) is 1.55. The summed E-state index contributed by atoms with van der Waals surface area (Å²) in [6.07, 6.45) is 0. The molecule has 4 nitrogen and oxygen atoms in total. The number of carbonyl (C=O) groups excluding carboxylic acids is 1. The standard InChI is InChI=1S/C12H17ClN2O2/c1-8(2)14-7-12(16)15-10-6-9(13)4-5-11(10)17-3/h4-6,8,14H,7H2,1-3H3,(H,15,16). The summed E-state index contributed by atoms with van der Waals surface area (Å²) < 4.78 is 5.13. The third-order valence-corrected chi connectivity index (χ3v) is 2.34. The van der Waals surface area contributed by atoms with E-state index in [0.717, 1.165) is 0 Å². The number of hydrogen-bond donors (Lipinski definition) is 2. The van der Waals surface area contributed by atoms with Gasteiger partial charge < -0.3 is 15.4 Å². The average Bonchev–Trinajstić information content (AvgIpc) is 2.27. The van der Waals surface area contributed by atoms with Gasteiger partial charge in [-0.1, -0.05) is 25.4 Å². The van der Waals surface area contributed by atoms with Crippen molar-refractivity contribution in [1.82, 2.24) is 5.32 Å². The minimum atomic E-state index is -0.126. The van der Waals surface area contributed by atoms with Crippen LogP contribution >= 0.6 is 11.6 Å². The molecule has 0 atom stereocenters. The Morgan fingerprint density at radius 2 is 2.18 bits per heavy atom. The van der Waals surface area contributed by atoms with Gasteiger partial charge in [0.2, 0.25) is 5.91 Å². The van der Waals surface area contributed by atoms with Crippen LogP contribution in [0.25, 0.3) is 0 Å². The van der Waals surface area contributed by atoms with Crippen molar-refractivity contribution in [1.29, 1.82) is 0 Å². The van der Waals surface area contributed by atoms with Gasteiger partial charge in [0, 0.05) is 11.1 Å². The van der Waals surface area contributed by atoms with Crippen LogP contribution in [0.5, 0.6) is 5.75 Å². The lowest BCUT2D eigenvalue weighted by atomic mass is 10.3. The van der Waals surface area contributed by atoms with Gasteiger partial charge in [-0.2, -0.15) is 0 Å². The molecule has 17 heavy (non-hydrogen) atoms. The molecule has 0 bridgehead atoms. The molecule has 0 aliphatic carbocycles. The summed E-state index contributed by atoms with van der Waals surface area (Å²) in [6, 6.07) is 5.35. The molecule has 0 heterocycles. The number of anilines is 1. The number of benzene rings is 1. The van der Waals surface area contributed by atoms with Crippen molar-refractivity contribution in [2.45, 2.75) is 19.9 Å². The van der Waals surface area contributed by atoms with Gasteiger partial charge in [-0.15, -0.1) is 0 Å². The maximum atomic E-state index is 11.6. The highest BCUT2D eigenvalue weighted by Crippen LogP contribution is 2.27. The monoisotopic (exact) mass is 256 g/mol. The summed E-state index contributed by atoms with van der Waals surface area (Å²) in [5.41, 5.74) is 0.579. The van der Waals surface area contributed by atoms with E-state index in [4.69, 9.17) is 16.3 Å². The summed E-state index contributed by atoms with van der Waals surface area (Å²) in [5.74, 6) is 0.464. The first kappa shape index (κ1) is 13.8. The van der Waals surface area contributed by atoms with Gasteiger partial charge in [0.25, 0.3) is 0 Å². The molecule has 0 radical (unpaired) electrons. The molecule has 2 N–H and O–H groups in total. The number of methoxy groups -OCH3 is 1. The van der Waals surface area contributed by atoms with Crippen LogP contribution in [0.1, 0.15) is 13.8 Å². The Labute approximate surface area is 106 Å². The summed E-state index contributed by atoms with van der Waals surface area (Å²) in [5, 5.41) is 6.33. The van der Waals surface area contributed by atoms with E-state index in [9.17, 15) is 4.79 Å². The van der Waals surface area contributed by atoms with Gasteiger partial charge >= 0.3 is 0 Å². The molecule has 0 spiro atoms. The van der Waals surface area contributed by atoms with E-state index in [-0.39, 0.29) is 18.5 Å². The van der Waals surface area contributed by atoms with Crippen molar-refractivity contribution in [3.63, 3.8) is 0 Å². The Morgan fingerprint density at radius 1 is 1.47 bits per heavy atom. The Hall–Kier alpha value is -1.26. The van der Waals surface area contributed by atoms with Gasteiger partial charge in [-0.3, -0.25) is 4.79 Å². The van der Waals surface area contributed by atoms with Crippen molar-refractivity contribution < 1.29 is 9.53 Å². The fourth-order valence-corrected chi connectivity index (χ4v) is 1.44. The predicted octanol–water partition coefficient (Wildman–Crippen LogP) is 2.29. The van der Waals surface area contributed by atoms with Crippen LogP contribution in [0, 0.1) is 0 Å². The van der Waals surface area contributed by atoms with E-state index in [1.807, 2.05) is 13.8 Å². The predicted molar refractivity (Wildman–Crippen MR) is 69.8 cm³/mol. The normalized spacial score (nSPS) is 10.4. The van der Waals surface area contributed by atoms with Crippen LogP contribution in [-0.4, -0.2) is 25.6 Å². The Kier molecular flexibility index (Phi) is 5.25. The molecule has 0 unspecified atom stereocenters. The van der Waals surface area contributed by atoms with Crippen LogP contribution in [-0.2, 0) is 4.79 Å². The Morgan fingerprint density at radius 3 is 2.76 bits per heavy atom. The molecule has 1 aromatic carbocycles. The second-order valence-corrected chi connectivity index (χ2v) is 4.36. The molecule has 0 aromatic heterocycles. The molecule has 1 rings (SSSR count). The van der Waals surface area contributed by atoms with E-state index in [1.165, 1.54) is 0 Å². The van der Waals surface area contributed by atoms with Crippen molar-refractivity contribution in [2.24, 2.45) is 0 Å². The minimum absolute atomic E-state index is 0.126. The van der Waals surface area contributed by atoms with Gasteiger partial charge in [-0.05, 0) is 18.2 Å². The fraction of sp³-hybridized carbons (Fsp3) is 0.417. The molecule has 0 saturated carbocycles. The number of halogens is 1. The lowest BCUT2D eigenvalue weighted by Crippen LogP contribution is -2.32. The molecular formula is C12H17ClN2O2. The van der Waals surface area contributed by atoms with E-state index in [2.05, 4.69) is 10.6 Å². The molecule has 0 aliphatic heterocycles. The summed E-state index contributed by atoms with van der Waals surface area (Å²) >= 11 is 5.86. The first-order valence-corrected chi connectivity index (χ1v) is 5.77. The van der Waals surface area contributed by atoms with E-state index >= 15 is 0 Å². The lowest BCUT2D eigenvalue weighted by Gasteiger charge is -2.12. The quantitative estimate of drug-likeness (QED) is 0.850. The third-order valence-electron chi connectivity index (χ3n) is 2.11. The van der Waals surface area contributed by atoms with Crippen LogP contribution in [0.4, 0.5) is 5.69 Å². The second kappa shape index (κ2) is 6.47. The van der Waals surface area contributed by atoms with Crippen molar-refractivity contribution >= 4 is 23.2 Å². The lowest BCUT2D eigenvalue weighted by molar-refractivity contribution is -0.115. The van der Waals surface area contributed by atoms with Gasteiger partial charge in [-0.25, -0.2) is 0 Å². The molecule has 94 valence electrons. The fourth-order valence-electron chi connectivity index (χ4n) is 1.27. The van der Waals surface area contributed by atoms with Crippen LogP contribution in [0.15, 0.2) is 18.2 Å². The number of carbonyl (C=O) groups is 1. The third kappa shape index (κ3) is 4.63. The highest BCUT2D eigenvalue weighted by atomic mass is 35.5. The van der Waals surface area contributed by atoms with E-state index < -0.39 is 0 Å². The zero-order valence-corrected chi connectivity index (χ0v) is 11.0. The molecule has 5 heteroatoms. The highest BCUT2D eigenvalue weighted by molar-refractivity contribution is 6.31. The number of nitrogens with one attached hydrogen (secondary N) is 2. The molecular weight excluding hydrogens is 240 g/mol. The first-order valence-electron chi connectivity index (χ1n) is 5.39. The molecule has 0 fully saturated rings. The van der Waals surface area contributed by atoms with Crippen LogP contribution < -0.4 is 15.4 Å². The number of amides is 1. The van der Waals surface area contributed by atoms with Crippen molar-refractivity contribution in [2.75, 3.05) is 19.0 Å². The summed E-state index contributed by atoms with van der Waals surface area (Å²) in [4.78, 5) is 11.6. The Balaban J connectivity index is 2.66. The maximum absolute atomic E-state index is 11.6. The average molecular weight is 257 g/mol. The number of hydrogen-bond acceptors (Lipinski definition) is 3. The SMILES string of the molecule is COc1ccc(Cl)cc1NC(=O)CNC(C)C. The van der Waals surface area contributed by atoms with Crippen molar-refractivity contribution in [3.8, 4) is 5.75 Å². The molecule has 1 aromatic rings. The summed E-state index contributed by atoms with van der Waals surface area (Å²) in [6.45, 7) is 4.22. The zero-order chi connectivity index (χ0) is 12.8. The zero-order valence-electron chi connectivity index (χ0n) is 10.2. The van der Waals surface area contributed by atoms with Crippen molar-refractivity contribution in [3.05, 3.63) is 23.2 Å². The first-order chi connectivity index (χ1) is 8.02. The van der Waals surface area contributed by atoms with E-state index in [0.29, 0.717) is 16.5 Å². The highest BCUT2D eigenvalue weighted by Gasteiger charge is 2.08. The molecule has 1 amide bonds. The van der Waals surface area contributed by atoms with Crippen LogP contribution in [0.3, 0.4) is 0 Å². The number of ether oxygens (including phenoxy) is 1. The molecule has 0 aliphatic rings. The van der Waals surface area contributed by atoms with Gasteiger partial charge in [0.05, 0.1) is 19.3 Å². The smallest absolute Gasteiger partial charge is 0.238 e. The van der Waals surface area contributed by atoms with Gasteiger partial charge in [0.15, 0.2) is 0 Å². The topological polar surface area (TPSA) is 50.4 Å².